The van der Waals surface area contributed by atoms with Gasteiger partial charge < -0.3 is 4.90 Å². The summed E-state index contributed by atoms with van der Waals surface area (Å²) in [6.07, 6.45) is 2.70. The second kappa shape index (κ2) is 7.70. The van der Waals surface area contributed by atoms with Crippen molar-refractivity contribution in [3.05, 3.63) is 30.1 Å². The number of carbonyl (C=O) groups excluding carboxylic acids is 1. The van der Waals surface area contributed by atoms with E-state index in [0.717, 1.165) is 38.3 Å². The zero-order valence-corrected chi connectivity index (χ0v) is 14.2. The molecule has 122 valence electrons. The Kier molecular flexibility index (Phi) is 5.91. The number of likely N-dealkylation sites (N-methyl/N-ethyl adjacent to an activating group) is 1. The molecule has 1 saturated heterocycles. The molecule has 0 radical (unpaired) electrons. The minimum atomic E-state index is -0.000219. The molecular formula is C17H28N4O. The van der Waals surface area contributed by atoms with E-state index in [9.17, 15) is 4.79 Å². The van der Waals surface area contributed by atoms with Crippen molar-refractivity contribution in [3.8, 4) is 0 Å². The molecule has 0 unspecified atom stereocenters. The Bertz CT molecular complexity index is 469. The summed E-state index contributed by atoms with van der Waals surface area (Å²) in [6, 6.07) is 6.34. The van der Waals surface area contributed by atoms with Crippen molar-refractivity contribution in [1.29, 1.82) is 0 Å². The first-order valence-corrected chi connectivity index (χ1v) is 8.14. The van der Waals surface area contributed by atoms with Gasteiger partial charge in [0.25, 0.3) is 0 Å². The third kappa shape index (κ3) is 3.84. The highest BCUT2D eigenvalue weighted by Crippen LogP contribution is 2.20. The molecule has 0 N–H and O–H groups in total. The molecular weight excluding hydrogens is 276 g/mol. The molecule has 1 aromatic rings. The van der Waals surface area contributed by atoms with Crippen molar-refractivity contribution >= 4 is 5.91 Å². The van der Waals surface area contributed by atoms with Crippen LogP contribution in [0.25, 0.3) is 0 Å². The third-order valence-electron chi connectivity index (χ3n) is 4.58. The van der Waals surface area contributed by atoms with E-state index in [0.29, 0.717) is 6.04 Å². The smallest absolute Gasteiger partial charge is 0.239 e. The molecule has 0 bridgehead atoms. The molecule has 22 heavy (non-hydrogen) atoms. The lowest BCUT2D eigenvalue weighted by atomic mass is 10.1. The van der Waals surface area contributed by atoms with Gasteiger partial charge in [-0.2, -0.15) is 0 Å². The maximum absolute atomic E-state index is 12.6. The van der Waals surface area contributed by atoms with Gasteiger partial charge >= 0.3 is 0 Å². The van der Waals surface area contributed by atoms with Gasteiger partial charge in [-0.15, -0.1) is 0 Å². The monoisotopic (exact) mass is 304 g/mol. The second-order valence-corrected chi connectivity index (χ2v) is 6.18. The van der Waals surface area contributed by atoms with Gasteiger partial charge in [0.1, 0.15) is 0 Å². The number of nitrogens with zero attached hydrogens (tertiary/aromatic N) is 4. The van der Waals surface area contributed by atoms with Crippen LogP contribution in [-0.4, -0.2) is 71.9 Å². The van der Waals surface area contributed by atoms with E-state index in [1.807, 2.05) is 42.2 Å². The molecule has 0 aromatic carbocycles. The van der Waals surface area contributed by atoms with E-state index in [-0.39, 0.29) is 11.9 Å². The molecule has 0 spiro atoms. The van der Waals surface area contributed by atoms with E-state index in [4.69, 9.17) is 0 Å². The molecule has 0 aliphatic carbocycles. The van der Waals surface area contributed by atoms with Crippen LogP contribution in [-0.2, 0) is 4.79 Å². The molecule has 2 rings (SSSR count). The van der Waals surface area contributed by atoms with Crippen LogP contribution in [0.2, 0.25) is 0 Å². The Morgan fingerprint density at radius 3 is 2.45 bits per heavy atom. The van der Waals surface area contributed by atoms with E-state index >= 15 is 0 Å². The van der Waals surface area contributed by atoms with Crippen molar-refractivity contribution in [2.24, 2.45) is 0 Å². The van der Waals surface area contributed by atoms with Crippen LogP contribution in [0.15, 0.2) is 24.4 Å². The van der Waals surface area contributed by atoms with Gasteiger partial charge in [-0.1, -0.05) is 13.0 Å². The predicted molar refractivity (Wildman–Crippen MR) is 88.6 cm³/mol. The van der Waals surface area contributed by atoms with Crippen LogP contribution >= 0.6 is 0 Å². The molecule has 1 aromatic heterocycles. The Hall–Kier alpha value is -1.46. The fourth-order valence-corrected chi connectivity index (χ4v) is 3.11. The summed E-state index contributed by atoms with van der Waals surface area (Å²) in [7, 11) is 3.96. The van der Waals surface area contributed by atoms with Crippen molar-refractivity contribution < 1.29 is 4.79 Å². The number of carbonyl (C=O) groups is 1. The molecule has 2 atom stereocenters. The molecule has 1 aliphatic heterocycles. The van der Waals surface area contributed by atoms with Gasteiger partial charge in [-0.05, 0) is 39.6 Å². The third-order valence-corrected chi connectivity index (χ3v) is 4.58. The van der Waals surface area contributed by atoms with Crippen molar-refractivity contribution in [2.75, 3.05) is 40.3 Å². The minimum absolute atomic E-state index is 0.000219. The van der Waals surface area contributed by atoms with Crippen LogP contribution < -0.4 is 0 Å². The average molecular weight is 304 g/mol. The van der Waals surface area contributed by atoms with Crippen molar-refractivity contribution in [1.82, 2.24) is 19.7 Å². The minimum Gasteiger partial charge on any atom is -0.339 e. The number of rotatable bonds is 5. The molecule has 5 heteroatoms. The first kappa shape index (κ1) is 16.9. The van der Waals surface area contributed by atoms with Gasteiger partial charge in [0.05, 0.1) is 11.7 Å². The van der Waals surface area contributed by atoms with Crippen LogP contribution in [0.4, 0.5) is 0 Å². The summed E-state index contributed by atoms with van der Waals surface area (Å²) >= 11 is 0. The number of pyridine rings is 1. The molecule has 0 saturated carbocycles. The number of piperazine rings is 1. The van der Waals surface area contributed by atoms with Crippen molar-refractivity contribution in [3.63, 3.8) is 0 Å². The van der Waals surface area contributed by atoms with Gasteiger partial charge in [0.15, 0.2) is 0 Å². The van der Waals surface area contributed by atoms with E-state index in [2.05, 4.69) is 29.8 Å². The predicted octanol–water partition coefficient (Wildman–Crippen LogP) is 1.63. The van der Waals surface area contributed by atoms with E-state index < -0.39 is 0 Å². The largest absolute Gasteiger partial charge is 0.339 e. The lowest BCUT2D eigenvalue weighted by Crippen LogP contribution is -2.54. The summed E-state index contributed by atoms with van der Waals surface area (Å²) in [6.45, 7) is 7.69. The Balaban J connectivity index is 1.91. The first-order valence-electron chi connectivity index (χ1n) is 8.14. The van der Waals surface area contributed by atoms with Gasteiger partial charge in [-0.25, -0.2) is 0 Å². The summed E-state index contributed by atoms with van der Waals surface area (Å²) < 4.78 is 0. The lowest BCUT2D eigenvalue weighted by molar-refractivity contribution is -0.138. The van der Waals surface area contributed by atoms with Crippen LogP contribution in [0.5, 0.6) is 0 Å². The SMILES string of the molecule is CC[C@H](C(=O)N1CCN([C@H](C)c2ccccn2)CC1)N(C)C. The topological polar surface area (TPSA) is 39.7 Å². The average Bonchev–Trinajstić information content (AvgIpc) is 2.55. The highest BCUT2D eigenvalue weighted by molar-refractivity contribution is 5.81. The normalized spacial score (nSPS) is 19.2. The van der Waals surface area contributed by atoms with E-state index in [1.165, 1.54) is 0 Å². The standard InChI is InChI=1S/C17H28N4O/c1-5-16(19(3)4)17(22)21-12-10-20(11-13-21)14(2)15-8-6-7-9-18-15/h6-9,14,16H,5,10-13H2,1-4H3/t14-,16-/m1/s1. The van der Waals surface area contributed by atoms with E-state index in [1.54, 1.807) is 0 Å². The Morgan fingerprint density at radius 2 is 1.95 bits per heavy atom. The number of hydrogen-bond acceptors (Lipinski definition) is 4. The molecule has 5 nitrogen and oxygen atoms in total. The summed E-state index contributed by atoms with van der Waals surface area (Å²) in [5.41, 5.74) is 1.10. The van der Waals surface area contributed by atoms with Crippen LogP contribution in [0.1, 0.15) is 32.0 Å². The zero-order valence-electron chi connectivity index (χ0n) is 14.2. The Morgan fingerprint density at radius 1 is 1.27 bits per heavy atom. The number of aromatic nitrogens is 1. The summed E-state index contributed by atoms with van der Waals surface area (Å²) in [4.78, 5) is 23.4. The van der Waals surface area contributed by atoms with Gasteiger partial charge in [-0.3, -0.25) is 19.6 Å². The van der Waals surface area contributed by atoms with Crippen LogP contribution in [0.3, 0.4) is 0 Å². The number of amides is 1. The fraction of sp³-hybridized carbons (Fsp3) is 0.647. The quantitative estimate of drug-likeness (QED) is 0.829. The molecule has 1 fully saturated rings. The van der Waals surface area contributed by atoms with Crippen LogP contribution in [0, 0.1) is 0 Å². The Labute approximate surface area is 133 Å². The highest BCUT2D eigenvalue weighted by atomic mass is 16.2. The van der Waals surface area contributed by atoms with Crippen molar-refractivity contribution in [2.45, 2.75) is 32.4 Å². The molecule has 1 aliphatic rings. The molecule has 1 amide bonds. The second-order valence-electron chi connectivity index (χ2n) is 6.18. The fourth-order valence-electron chi connectivity index (χ4n) is 3.11. The number of hydrogen-bond donors (Lipinski definition) is 0. The first-order chi connectivity index (χ1) is 10.5. The maximum atomic E-state index is 12.6. The van der Waals surface area contributed by atoms with Gasteiger partial charge in [0, 0.05) is 38.4 Å². The maximum Gasteiger partial charge on any atom is 0.239 e. The summed E-state index contributed by atoms with van der Waals surface area (Å²) in [5, 5.41) is 0. The molecule has 2 heterocycles. The highest BCUT2D eigenvalue weighted by Gasteiger charge is 2.29. The lowest BCUT2D eigenvalue weighted by Gasteiger charge is -2.39. The van der Waals surface area contributed by atoms with Gasteiger partial charge in [0.2, 0.25) is 5.91 Å². The zero-order chi connectivity index (χ0) is 16.1. The summed E-state index contributed by atoms with van der Waals surface area (Å²) in [5.74, 6) is 0.262.